The fourth-order valence-electron chi connectivity index (χ4n) is 6.19. The number of hydrogen-bond acceptors (Lipinski definition) is 6. The molecule has 4 fully saturated rings. The number of halogens is 4. The molecule has 2 saturated heterocycles. The smallest absolute Gasteiger partial charge is 0.324 e. The van der Waals surface area contributed by atoms with Crippen molar-refractivity contribution in [1.82, 2.24) is 30.4 Å². The molecule has 2 saturated carbocycles. The van der Waals surface area contributed by atoms with E-state index in [-0.39, 0.29) is 68.3 Å². The zero-order valence-electron chi connectivity index (χ0n) is 25.0. The molecule has 4 aromatic rings. The minimum Gasteiger partial charge on any atom is -0.329 e. The van der Waals surface area contributed by atoms with Crippen LogP contribution in [-0.2, 0) is 9.59 Å². The van der Waals surface area contributed by atoms with E-state index in [0.29, 0.717) is 35.4 Å². The number of pyridine rings is 2. The lowest BCUT2D eigenvalue weighted by atomic mass is 10.1. The van der Waals surface area contributed by atoms with Gasteiger partial charge in [-0.15, -0.1) is 0 Å². The summed E-state index contributed by atoms with van der Waals surface area (Å²) in [6.45, 7) is 0.0920. The zero-order valence-corrected chi connectivity index (χ0v) is 25.0. The molecule has 10 nitrogen and oxygen atoms in total. The first-order valence-corrected chi connectivity index (χ1v) is 15.1. The van der Waals surface area contributed by atoms with Crippen LogP contribution >= 0.6 is 0 Å². The summed E-state index contributed by atoms with van der Waals surface area (Å²) < 4.78 is 53.1. The van der Waals surface area contributed by atoms with Gasteiger partial charge in [0.05, 0.1) is 24.5 Å². The van der Waals surface area contributed by atoms with Gasteiger partial charge >= 0.3 is 12.1 Å². The van der Waals surface area contributed by atoms with E-state index in [1.54, 1.807) is 24.5 Å². The molecule has 2 aromatic heterocycles. The predicted molar refractivity (Wildman–Crippen MR) is 169 cm³/mol. The van der Waals surface area contributed by atoms with E-state index in [1.807, 2.05) is 12.1 Å². The van der Waals surface area contributed by atoms with E-state index in [4.69, 9.17) is 0 Å². The van der Waals surface area contributed by atoms with Crippen LogP contribution in [0.25, 0.3) is 22.5 Å². The zero-order chi connectivity index (χ0) is 33.7. The lowest BCUT2D eigenvalue weighted by Gasteiger charge is -2.12. The van der Waals surface area contributed by atoms with Crippen molar-refractivity contribution in [3.8, 4) is 22.5 Å². The molecule has 14 heteroatoms. The van der Waals surface area contributed by atoms with Gasteiger partial charge in [0.25, 0.3) is 0 Å². The molecule has 0 unspecified atom stereocenters. The summed E-state index contributed by atoms with van der Waals surface area (Å²) in [5.74, 6) is -2.94. The van der Waals surface area contributed by atoms with Gasteiger partial charge < -0.3 is 10.6 Å². The second kappa shape index (κ2) is 13.1. The van der Waals surface area contributed by atoms with Crippen LogP contribution in [0.1, 0.15) is 43.2 Å². The maximum absolute atomic E-state index is 13.3. The van der Waals surface area contributed by atoms with Crippen LogP contribution in [0.4, 0.5) is 27.2 Å². The van der Waals surface area contributed by atoms with Gasteiger partial charge in [-0.3, -0.25) is 29.4 Å². The van der Waals surface area contributed by atoms with Crippen LogP contribution in [0.15, 0.2) is 73.1 Å². The Morgan fingerprint density at radius 3 is 1.22 bits per heavy atom. The third-order valence-electron chi connectivity index (χ3n) is 8.68. The van der Waals surface area contributed by atoms with Crippen molar-refractivity contribution in [2.24, 2.45) is 0 Å². The Hall–Kier alpha value is -5.66. The fraction of sp³-hybridized carbons (Fsp3) is 0.257. The Morgan fingerprint density at radius 1 is 0.571 bits per heavy atom. The number of rotatable bonds is 6. The normalized spacial score (nSPS) is 22.2. The summed E-state index contributed by atoms with van der Waals surface area (Å²) in [5.41, 5.74) is 3.44. The molecule has 252 valence electrons. The Balaban J connectivity index is 0.000000167. The first-order chi connectivity index (χ1) is 23.0. The van der Waals surface area contributed by atoms with Crippen molar-refractivity contribution in [1.29, 1.82) is 0 Å². The molecule has 4 heterocycles. The highest BCUT2D eigenvalue weighted by Gasteiger charge is 2.50. The van der Waals surface area contributed by atoms with Crippen LogP contribution in [0.5, 0.6) is 0 Å². The van der Waals surface area contributed by atoms with Gasteiger partial charge in [0, 0.05) is 59.6 Å². The summed E-state index contributed by atoms with van der Waals surface area (Å²) >= 11 is 0. The molecule has 2 aliphatic heterocycles. The van der Waals surface area contributed by atoms with Crippen molar-refractivity contribution < 1.29 is 36.7 Å². The van der Waals surface area contributed by atoms with E-state index in [9.17, 15) is 36.7 Å². The first kappa shape index (κ1) is 33.2. The van der Waals surface area contributed by atoms with Gasteiger partial charge in [0.2, 0.25) is 11.8 Å². The number of carbonyl (C=O) groups excluding carboxylic acids is 4. The van der Waals surface area contributed by atoms with Gasteiger partial charge in [-0.2, -0.15) is 0 Å². The third kappa shape index (κ3) is 6.84. The number of urea groups is 2. The lowest BCUT2D eigenvalue weighted by Crippen LogP contribution is -2.33. The molecule has 2 N–H and O–H groups in total. The summed E-state index contributed by atoms with van der Waals surface area (Å²) in [6, 6.07) is 12.5. The molecule has 4 aliphatic rings. The van der Waals surface area contributed by atoms with Gasteiger partial charge in [0.1, 0.15) is 23.3 Å². The second-order valence-corrected chi connectivity index (χ2v) is 11.9. The van der Waals surface area contributed by atoms with E-state index in [2.05, 4.69) is 20.6 Å². The summed E-state index contributed by atoms with van der Waals surface area (Å²) in [4.78, 5) is 57.7. The molecule has 49 heavy (non-hydrogen) atoms. The molecule has 6 amide bonds. The van der Waals surface area contributed by atoms with Crippen LogP contribution in [0, 0.1) is 23.3 Å². The molecule has 0 bridgehead atoms. The van der Waals surface area contributed by atoms with Crippen molar-refractivity contribution in [2.75, 3.05) is 13.1 Å². The van der Waals surface area contributed by atoms with Crippen LogP contribution in [-0.4, -0.2) is 68.8 Å². The van der Waals surface area contributed by atoms with Gasteiger partial charge in [-0.25, -0.2) is 27.2 Å². The number of nitrogens with one attached hydrogen (secondary N) is 2. The third-order valence-corrected chi connectivity index (χ3v) is 8.68. The Bertz CT molecular complexity index is 1750. The van der Waals surface area contributed by atoms with Crippen molar-refractivity contribution in [3.05, 3.63) is 107 Å². The van der Waals surface area contributed by atoms with Crippen LogP contribution in [0.2, 0.25) is 0 Å². The lowest BCUT2D eigenvalue weighted by molar-refractivity contribution is -0.126. The highest BCUT2D eigenvalue weighted by atomic mass is 19.1. The monoisotopic (exact) mass is 674 g/mol. The van der Waals surface area contributed by atoms with E-state index < -0.39 is 23.3 Å². The molecule has 8 rings (SSSR count). The number of amides is 6. The molecule has 2 aliphatic carbocycles. The van der Waals surface area contributed by atoms with E-state index >= 15 is 0 Å². The molecular weight excluding hydrogens is 644 g/mol. The quantitative estimate of drug-likeness (QED) is 0.206. The molecule has 2 aromatic carbocycles. The van der Waals surface area contributed by atoms with Gasteiger partial charge in [0.15, 0.2) is 0 Å². The number of hydrogen-bond donors (Lipinski definition) is 2. The molecule has 0 spiro atoms. The average molecular weight is 675 g/mol. The van der Waals surface area contributed by atoms with Crippen molar-refractivity contribution >= 4 is 23.9 Å². The van der Waals surface area contributed by atoms with E-state index in [1.165, 1.54) is 34.1 Å². The Morgan fingerprint density at radius 2 is 0.939 bits per heavy atom. The first-order valence-electron chi connectivity index (χ1n) is 15.1. The van der Waals surface area contributed by atoms with Crippen molar-refractivity contribution in [2.45, 2.75) is 44.2 Å². The largest absolute Gasteiger partial charge is 0.329 e. The van der Waals surface area contributed by atoms with Gasteiger partial charge in [-0.1, -0.05) is 19.6 Å². The Labute approximate surface area is 278 Å². The van der Waals surface area contributed by atoms with Crippen LogP contribution in [0.3, 0.4) is 0 Å². The number of benzene rings is 2. The predicted octanol–water partition coefficient (Wildman–Crippen LogP) is 5.51. The Kier molecular flexibility index (Phi) is 8.88. The number of aromatic nitrogens is 2. The highest BCUT2D eigenvalue weighted by molar-refractivity contribution is 6.03. The van der Waals surface area contributed by atoms with Gasteiger partial charge in [-0.05, 0) is 60.4 Å². The molecule has 0 radical (unpaired) electrons. The van der Waals surface area contributed by atoms with Crippen molar-refractivity contribution in [3.63, 3.8) is 0 Å². The summed E-state index contributed by atoms with van der Waals surface area (Å²) in [7, 11) is 0. The fourth-order valence-corrected chi connectivity index (χ4v) is 6.19. The highest BCUT2D eigenvalue weighted by Crippen LogP contribution is 2.46. The minimum absolute atomic E-state index is 0. The second-order valence-electron chi connectivity index (χ2n) is 11.9. The van der Waals surface area contributed by atoms with Crippen LogP contribution < -0.4 is 10.6 Å². The summed E-state index contributed by atoms with van der Waals surface area (Å²) in [6.07, 6.45) is 4.66. The minimum atomic E-state index is -0.656. The maximum atomic E-state index is 13.3. The number of nitrogens with zero attached hydrogens (tertiary/aromatic N) is 4. The molecule has 4 atom stereocenters. The number of imide groups is 2. The topological polar surface area (TPSA) is 125 Å². The maximum Gasteiger partial charge on any atom is 0.324 e. The van der Waals surface area contributed by atoms with E-state index in [0.717, 1.165) is 23.3 Å². The molecular formula is C35H30F4N6O4. The standard InChI is InChI=1S/2C17H13F2N3O2.CH4/c2*18-11-3-10(4-12(19)5-11)14-2-1-9(7-20-14)13-6-15(13)22-16(23)8-21-17(22)24;/h2*1-5,7,13,15H,6,8H2,(H,21,24);1H4/t2*13-,15+;/m10./s1. The number of carbonyl (C=O) groups is 4. The average Bonchev–Trinajstić information content (AvgIpc) is 3.96. The summed E-state index contributed by atoms with van der Waals surface area (Å²) in [5, 5.41) is 5.01. The SMILES string of the molecule is C.O=C1CNC(=O)N1[C@@H]1C[C@H]1c1ccc(-c2cc(F)cc(F)c2)nc1.O=C1CNC(=O)N1[C@H]1C[C@@H]1c1ccc(-c2cc(F)cc(F)c2)nc1.